The van der Waals surface area contributed by atoms with Crippen LogP contribution in [0.3, 0.4) is 0 Å². The van der Waals surface area contributed by atoms with Crippen LogP contribution in [0.1, 0.15) is 31.2 Å². The van der Waals surface area contributed by atoms with Crippen molar-refractivity contribution in [2.45, 2.75) is 31.7 Å². The molecule has 0 amide bonds. The number of carbonyl (C=O) groups excluding carboxylic acids is 1. The van der Waals surface area contributed by atoms with Crippen molar-refractivity contribution in [2.24, 2.45) is 5.73 Å². The average Bonchev–Trinajstić information content (AvgIpc) is 2.38. The van der Waals surface area contributed by atoms with Gasteiger partial charge in [0.25, 0.3) is 0 Å². The number of esters is 1. The van der Waals surface area contributed by atoms with E-state index in [1.807, 2.05) is 6.92 Å². The molecule has 0 heterocycles. The molecule has 100 valence electrons. The van der Waals surface area contributed by atoms with E-state index in [4.69, 9.17) is 5.73 Å². The number of ether oxygens (including phenoxy) is 1. The molecule has 0 bridgehead atoms. The van der Waals surface area contributed by atoms with Crippen LogP contribution in [0.4, 0.5) is 8.78 Å². The molecule has 1 aromatic rings. The van der Waals surface area contributed by atoms with Crippen molar-refractivity contribution in [1.29, 1.82) is 0 Å². The van der Waals surface area contributed by atoms with Gasteiger partial charge in [0.1, 0.15) is 0 Å². The smallest absolute Gasteiger partial charge is 0.306 e. The Labute approximate surface area is 105 Å². The number of halogens is 2. The second-order valence-electron chi connectivity index (χ2n) is 4.10. The van der Waals surface area contributed by atoms with E-state index in [-0.39, 0.29) is 12.0 Å². The third-order valence-electron chi connectivity index (χ3n) is 2.98. The monoisotopic (exact) mass is 257 g/mol. The standard InChI is InChI=1S/C13H17F2NO2/c1-3-11(16)9(7-12(17)18-2)8-5-4-6-10(14)13(8)15/h4-6,9,11H,3,7,16H2,1-2H3. The van der Waals surface area contributed by atoms with Gasteiger partial charge in [-0.3, -0.25) is 4.79 Å². The van der Waals surface area contributed by atoms with Gasteiger partial charge in [-0.25, -0.2) is 8.78 Å². The van der Waals surface area contributed by atoms with Crippen LogP contribution in [-0.2, 0) is 9.53 Å². The molecule has 2 atom stereocenters. The summed E-state index contributed by atoms with van der Waals surface area (Å²) in [7, 11) is 1.25. The fraction of sp³-hybridized carbons (Fsp3) is 0.462. The molecule has 1 aromatic carbocycles. The van der Waals surface area contributed by atoms with Crippen LogP contribution in [0, 0.1) is 11.6 Å². The Kier molecular flexibility index (Phi) is 5.22. The minimum absolute atomic E-state index is 0.0636. The van der Waals surface area contributed by atoms with Gasteiger partial charge in [0.15, 0.2) is 11.6 Å². The van der Waals surface area contributed by atoms with E-state index in [0.717, 1.165) is 6.07 Å². The van der Waals surface area contributed by atoms with E-state index >= 15 is 0 Å². The number of hydrogen-bond donors (Lipinski definition) is 1. The number of hydrogen-bond acceptors (Lipinski definition) is 3. The molecule has 2 unspecified atom stereocenters. The van der Waals surface area contributed by atoms with E-state index in [1.165, 1.54) is 19.2 Å². The molecule has 18 heavy (non-hydrogen) atoms. The van der Waals surface area contributed by atoms with E-state index in [2.05, 4.69) is 4.74 Å². The van der Waals surface area contributed by atoms with E-state index in [9.17, 15) is 13.6 Å². The van der Waals surface area contributed by atoms with E-state index in [0.29, 0.717) is 6.42 Å². The summed E-state index contributed by atoms with van der Waals surface area (Å²) < 4.78 is 31.5. The van der Waals surface area contributed by atoms with Crippen LogP contribution in [-0.4, -0.2) is 19.1 Å². The lowest BCUT2D eigenvalue weighted by Gasteiger charge is -2.22. The van der Waals surface area contributed by atoms with Gasteiger partial charge < -0.3 is 10.5 Å². The van der Waals surface area contributed by atoms with Crippen molar-refractivity contribution in [1.82, 2.24) is 0 Å². The van der Waals surface area contributed by atoms with Crippen LogP contribution in [0.15, 0.2) is 18.2 Å². The van der Waals surface area contributed by atoms with Crippen LogP contribution in [0.25, 0.3) is 0 Å². The molecule has 0 fully saturated rings. The third-order valence-corrected chi connectivity index (χ3v) is 2.98. The van der Waals surface area contributed by atoms with Gasteiger partial charge in [0, 0.05) is 12.0 Å². The Morgan fingerprint density at radius 3 is 2.67 bits per heavy atom. The molecule has 0 aliphatic heterocycles. The van der Waals surface area contributed by atoms with Crippen molar-refractivity contribution in [2.75, 3.05) is 7.11 Å². The molecule has 0 aromatic heterocycles. The topological polar surface area (TPSA) is 52.3 Å². The van der Waals surface area contributed by atoms with Crippen LogP contribution in [0.2, 0.25) is 0 Å². The maximum Gasteiger partial charge on any atom is 0.306 e. The van der Waals surface area contributed by atoms with Gasteiger partial charge in [-0.05, 0) is 18.1 Å². The summed E-state index contributed by atoms with van der Waals surface area (Å²) in [5.41, 5.74) is 5.99. The molecule has 5 heteroatoms. The van der Waals surface area contributed by atoms with Gasteiger partial charge in [0.2, 0.25) is 0 Å². The van der Waals surface area contributed by atoms with Crippen LogP contribution >= 0.6 is 0 Å². The summed E-state index contributed by atoms with van der Waals surface area (Å²) in [6.45, 7) is 1.83. The summed E-state index contributed by atoms with van der Waals surface area (Å²) in [6.07, 6.45) is 0.490. The second kappa shape index (κ2) is 6.44. The summed E-state index contributed by atoms with van der Waals surface area (Å²) in [5, 5.41) is 0. The minimum Gasteiger partial charge on any atom is -0.469 e. The number of nitrogens with two attached hydrogens (primary N) is 1. The third kappa shape index (κ3) is 3.26. The highest BCUT2D eigenvalue weighted by Gasteiger charge is 2.26. The molecule has 3 nitrogen and oxygen atoms in total. The summed E-state index contributed by atoms with van der Waals surface area (Å²) in [6, 6.07) is 3.45. The molecular formula is C13H17F2NO2. The highest BCUT2D eigenvalue weighted by molar-refractivity contribution is 5.70. The molecule has 0 spiro atoms. The fourth-order valence-electron chi connectivity index (χ4n) is 1.85. The first-order valence-electron chi connectivity index (χ1n) is 5.77. The van der Waals surface area contributed by atoms with Crippen LogP contribution < -0.4 is 5.73 Å². The van der Waals surface area contributed by atoms with Gasteiger partial charge in [-0.1, -0.05) is 19.1 Å². The fourth-order valence-corrected chi connectivity index (χ4v) is 1.85. The molecular weight excluding hydrogens is 240 g/mol. The maximum atomic E-state index is 13.7. The lowest BCUT2D eigenvalue weighted by atomic mass is 9.87. The maximum absolute atomic E-state index is 13.7. The van der Waals surface area contributed by atoms with Crippen molar-refractivity contribution < 1.29 is 18.3 Å². The predicted molar refractivity (Wildman–Crippen MR) is 64.0 cm³/mol. The molecule has 0 saturated heterocycles. The normalized spacial score (nSPS) is 14.1. The minimum atomic E-state index is -0.949. The van der Waals surface area contributed by atoms with E-state index in [1.54, 1.807) is 0 Å². The molecule has 0 aliphatic rings. The first-order chi connectivity index (χ1) is 8.51. The number of methoxy groups -OCH3 is 1. The molecule has 1 rings (SSSR count). The zero-order chi connectivity index (χ0) is 13.7. The highest BCUT2D eigenvalue weighted by Crippen LogP contribution is 2.28. The van der Waals surface area contributed by atoms with Crippen molar-refractivity contribution in [3.05, 3.63) is 35.4 Å². The molecule has 0 saturated carbocycles. The van der Waals surface area contributed by atoms with Crippen molar-refractivity contribution in [3.8, 4) is 0 Å². The van der Waals surface area contributed by atoms with Crippen molar-refractivity contribution >= 4 is 5.97 Å². The largest absolute Gasteiger partial charge is 0.469 e. The zero-order valence-electron chi connectivity index (χ0n) is 10.5. The lowest BCUT2D eigenvalue weighted by molar-refractivity contribution is -0.141. The average molecular weight is 257 g/mol. The Balaban J connectivity index is 3.09. The van der Waals surface area contributed by atoms with Crippen molar-refractivity contribution in [3.63, 3.8) is 0 Å². The molecule has 2 N–H and O–H groups in total. The zero-order valence-corrected chi connectivity index (χ0v) is 10.5. The first-order valence-corrected chi connectivity index (χ1v) is 5.77. The summed E-state index contributed by atoms with van der Waals surface area (Å²) >= 11 is 0. The highest BCUT2D eigenvalue weighted by atomic mass is 19.2. The predicted octanol–water partition coefficient (Wildman–Crippen LogP) is 2.35. The Morgan fingerprint density at radius 2 is 2.11 bits per heavy atom. The molecule has 0 aliphatic carbocycles. The van der Waals surface area contributed by atoms with Crippen LogP contribution in [0.5, 0.6) is 0 Å². The number of rotatable bonds is 5. The SMILES string of the molecule is CCC(N)C(CC(=O)OC)c1cccc(F)c1F. The van der Waals surface area contributed by atoms with Gasteiger partial charge >= 0.3 is 5.97 Å². The summed E-state index contributed by atoms with van der Waals surface area (Å²) in [4.78, 5) is 11.3. The molecule has 0 radical (unpaired) electrons. The lowest BCUT2D eigenvalue weighted by Crippen LogP contribution is -2.30. The van der Waals surface area contributed by atoms with Gasteiger partial charge in [0.05, 0.1) is 13.5 Å². The summed E-state index contributed by atoms with van der Waals surface area (Å²) in [5.74, 6) is -2.97. The second-order valence-corrected chi connectivity index (χ2v) is 4.10. The number of carbonyl (C=O) groups is 1. The Bertz CT molecular complexity index is 423. The van der Waals surface area contributed by atoms with Gasteiger partial charge in [-0.2, -0.15) is 0 Å². The Hall–Kier alpha value is -1.49. The quantitative estimate of drug-likeness (QED) is 0.824. The number of benzene rings is 1. The van der Waals surface area contributed by atoms with Gasteiger partial charge in [-0.15, -0.1) is 0 Å². The van der Waals surface area contributed by atoms with E-state index < -0.39 is 29.6 Å². The Morgan fingerprint density at radius 1 is 1.44 bits per heavy atom. The first kappa shape index (κ1) is 14.6.